The number of anilines is 3. The summed E-state index contributed by atoms with van der Waals surface area (Å²) in [5.41, 5.74) is 15.9. The van der Waals surface area contributed by atoms with Gasteiger partial charge in [-0.1, -0.05) is 30.3 Å². The summed E-state index contributed by atoms with van der Waals surface area (Å²) in [5.74, 6) is 0.506. The van der Waals surface area contributed by atoms with Crippen LogP contribution in [0.2, 0.25) is 0 Å². The van der Waals surface area contributed by atoms with Crippen LogP contribution in [0, 0.1) is 11.8 Å². The van der Waals surface area contributed by atoms with Gasteiger partial charge in [0.25, 0.3) is 0 Å². The zero-order valence-electron chi connectivity index (χ0n) is 19.3. The van der Waals surface area contributed by atoms with Crippen LogP contribution in [0.3, 0.4) is 0 Å². The Bertz CT molecular complexity index is 1150. The van der Waals surface area contributed by atoms with Crippen LogP contribution in [-0.4, -0.2) is 23.4 Å². The third kappa shape index (κ3) is 4.17. The van der Waals surface area contributed by atoms with E-state index in [-0.39, 0.29) is 17.1 Å². The summed E-state index contributed by atoms with van der Waals surface area (Å²) in [5, 5.41) is 3.45. The number of ether oxygens (including phenoxy) is 1. The lowest BCUT2D eigenvalue weighted by molar-refractivity contribution is -0.151. The molecule has 3 aromatic carbocycles. The van der Waals surface area contributed by atoms with Gasteiger partial charge >= 0.3 is 5.97 Å². The smallest absolute Gasteiger partial charge is 0.327 e. The molecule has 3 aromatic rings. The van der Waals surface area contributed by atoms with Crippen LogP contribution < -0.4 is 16.8 Å². The van der Waals surface area contributed by atoms with Gasteiger partial charge in [-0.3, -0.25) is 4.79 Å². The number of rotatable bonds is 7. The first-order valence-electron chi connectivity index (χ1n) is 11.9. The normalized spacial score (nSPS) is 27.5. The monoisotopic (exact) mass is 473 g/mol. The quantitative estimate of drug-likeness (QED) is 0.308. The molecule has 6 heteroatoms. The van der Waals surface area contributed by atoms with Crippen LogP contribution in [0.5, 0.6) is 0 Å². The third-order valence-corrected chi connectivity index (χ3v) is 8.83. The van der Waals surface area contributed by atoms with Crippen LogP contribution in [0.15, 0.2) is 83.8 Å². The first-order valence-corrected chi connectivity index (χ1v) is 12.8. The fourth-order valence-electron chi connectivity index (χ4n) is 5.71. The average Bonchev–Trinajstić information content (AvgIpc) is 3.40. The summed E-state index contributed by atoms with van der Waals surface area (Å²) in [4.78, 5) is 14.2. The number of carbonyl (C=O) groups excluding carboxylic acids is 1. The number of hydrogen-bond donors (Lipinski definition) is 3. The Hall–Kier alpha value is -2.96. The predicted octanol–water partition coefficient (Wildman–Crippen LogP) is 5.56. The Morgan fingerprint density at radius 3 is 2.53 bits per heavy atom. The number of nitrogens with one attached hydrogen (secondary N) is 1. The van der Waals surface area contributed by atoms with E-state index in [4.69, 9.17) is 16.2 Å². The molecule has 0 aromatic heterocycles. The number of nitrogens with two attached hydrogens (primary N) is 2. The van der Waals surface area contributed by atoms with E-state index in [0.29, 0.717) is 18.4 Å². The lowest BCUT2D eigenvalue weighted by atomic mass is 9.74. The maximum atomic E-state index is 13.1. The topological polar surface area (TPSA) is 90.4 Å². The van der Waals surface area contributed by atoms with Gasteiger partial charge in [0.2, 0.25) is 0 Å². The van der Waals surface area contributed by atoms with Crippen molar-refractivity contribution in [3.05, 3.63) is 84.4 Å². The van der Waals surface area contributed by atoms with Crippen molar-refractivity contribution in [2.45, 2.75) is 41.4 Å². The van der Waals surface area contributed by atoms with Crippen LogP contribution in [0.4, 0.5) is 17.1 Å². The molecule has 5 nitrogen and oxygen atoms in total. The van der Waals surface area contributed by atoms with Crippen LogP contribution >= 0.6 is 11.8 Å². The van der Waals surface area contributed by atoms with Gasteiger partial charge < -0.3 is 21.5 Å². The van der Waals surface area contributed by atoms with Crippen molar-refractivity contribution in [1.29, 1.82) is 0 Å². The minimum Gasteiger partial charge on any atom is -0.465 e. The molecule has 0 unspecified atom stereocenters. The third-order valence-electron chi connectivity index (χ3n) is 7.30. The first kappa shape index (κ1) is 22.8. The van der Waals surface area contributed by atoms with Gasteiger partial charge in [-0.25, -0.2) is 0 Å². The molecular weight excluding hydrogens is 442 g/mol. The second kappa shape index (κ2) is 9.35. The summed E-state index contributed by atoms with van der Waals surface area (Å²) >= 11 is 1.73. The Morgan fingerprint density at radius 1 is 1.03 bits per heavy atom. The molecule has 0 heterocycles. The summed E-state index contributed by atoms with van der Waals surface area (Å²) in [7, 11) is 0. The van der Waals surface area contributed by atoms with Crippen LogP contribution in [-0.2, 0) is 9.53 Å². The molecule has 2 saturated carbocycles. The number of benzene rings is 3. The van der Waals surface area contributed by atoms with Crippen molar-refractivity contribution in [3.8, 4) is 0 Å². The van der Waals surface area contributed by atoms with Gasteiger partial charge in [-0.15, -0.1) is 11.8 Å². The van der Waals surface area contributed by atoms with E-state index >= 15 is 0 Å². The Balaban J connectivity index is 1.42. The van der Waals surface area contributed by atoms with Gasteiger partial charge in [-0.05, 0) is 91.6 Å². The number of carbonyl (C=O) groups is 1. The van der Waals surface area contributed by atoms with Crippen molar-refractivity contribution in [2.75, 3.05) is 17.7 Å². The molecule has 2 aliphatic carbocycles. The molecule has 0 saturated heterocycles. The predicted molar refractivity (Wildman–Crippen MR) is 139 cm³/mol. The first-order chi connectivity index (χ1) is 16.5. The molecule has 5 N–H and O–H groups in total. The molecule has 176 valence electrons. The molecule has 5 atom stereocenters. The number of hydrogen-bond acceptors (Lipinski definition) is 6. The molecule has 2 bridgehead atoms. The number of fused-ring (bicyclic) bond motifs is 2. The SMILES string of the molecule is CCOC(=O)[C@]1(N)[C@@H]2C[C@@H]([C@@H](c3cccc(Nc4ccc(N)cc4)c3)C2)[C@@H]1Sc1ccccc1. The van der Waals surface area contributed by atoms with E-state index < -0.39 is 5.54 Å². The maximum absolute atomic E-state index is 13.1. The second-order valence-corrected chi connectivity index (χ2v) is 10.5. The number of nitrogen functional groups attached to an aromatic ring is 1. The minimum atomic E-state index is -0.961. The van der Waals surface area contributed by atoms with Gasteiger partial charge in [0.05, 0.1) is 6.61 Å². The highest BCUT2D eigenvalue weighted by Gasteiger charge is 2.64. The van der Waals surface area contributed by atoms with Crippen LogP contribution in [0.25, 0.3) is 0 Å². The van der Waals surface area contributed by atoms with Crippen molar-refractivity contribution in [3.63, 3.8) is 0 Å². The zero-order valence-corrected chi connectivity index (χ0v) is 20.1. The fourth-order valence-corrected chi connectivity index (χ4v) is 7.28. The molecule has 2 aliphatic rings. The molecule has 2 fully saturated rings. The summed E-state index contributed by atoms with van der Waals surface area (Å²) in [6, 6.07) is 26.6. The number of esters is 1. The lowest BCUT2D eigenvalue weighted by Gasteiger charge is -2.41. The Labute approximate surface area is 205 Å². The van der Waals surface area contributed by atoms with Crippen molar-refractivity contribution in [2.24, 2.45) is 17.6 Å². The van der Waals surface area contributed by atoms with E-state index in [9.17, 15) is 4.79 Å². The van der Waals surface area contributed by atoms with Crippen molar-refractivity contribution >= 4 is 34.8 Å². The molecule has 34 heavy (non-hydrogen) atoms. The highest BCUT2D eigenvalue weighted by molar-refractivity contribution is 8.00. The minimum absolute atomic E-state index is 0.0357. The van der Waals surface area contributed by atoms with Gasteiger partial charge in [0, 0.05) is 27.2 Å². The molecule has 0 aliphatic heterocycles. The highest BCUT2D eigenvalue weighted by atomic mass is 32.2. The number of thioether (sulfide) groups is 1. The molecule has 5 rings (SSSR count). The van der Waals surface area contributed by atoms with E-state index in [0.717, 1.165) is 34.8 Å². The molecule has 0 spiro atoms. The highest BCUT2D eigenvalue weighted by Crippen LogP contribution is 2.61. The molecular formula is C28H31N3O2S. The van der Waals surface area contributed by atoms with Crippen molar-refractivity contribution < 1.29 is 9.53 Å². The second-order valence-electron chi connectivity index (χ2n) is 9.32. The lowest BCUT2D eigenvalue weighted by Crippen LogP contribution is -2.61. The van der Waals surface area contributed by atoms with E-state index in [1.165, 1.54) is 5.56 Å². The van der Waals surface area contributed by atoms with Crippen LogP contribution in [0.1, 0.15) is 31.2 Å². The van der Waals surface area contributed by atoms with E-state index in [2.05, 4.69) is 41.7 Å². The van der Waals surface area contributed by atoms with Gasteiger partial charge in [-0.2, -0.15) is 0 Å². The Morgan fingerprint density at radius 2 is 1.79 bits per heavy atom. The molecule has 0 amide bonds. The van der Waals surface area contributed by atoms with E-state index in [1.54, 1.807) is 11.8 Å². The summed E-state index contributed by atoms with van der Waals surface area (Å²) in [6.07, 6.45) is 1.84. The fraction of sp³-hybridized carbons (Fsp3) is 0.321. The average molecular weight is 474 g/mol. The summed E-state index contributed by atoms with van der Waals surface area (Å²) < 4.78 is 5.49. The largest absolute Gasteiger partial charge is 0.465 e. The summed E-state index contributed by atoms with van der Waals surface area (Å²) in [6.45, 7) is 2.19. The van der Waals surface area contributed by atoms with Gasteiger partial charge in [0.15, 0.2) is 0 Å². The van der Waals surface area contributed by atoms with Gasteiger partial charge in [0.1, 0.15) is 5.54 Å². The standard InChI is InChI=1S/C28H31N3O2S/c1-2-33-27(32)28(30)19-16-24(25(17-19)26(28)34-23-9-4-3-5-10-23)18-7-6-8-22(15-18)31-21-13-11-20(29)12-14-21/h3-15,19,24-26,31H,2,16-17,29-30H2,1H3/t19-,24+,25-,26-,28-/m0/s1. The zero-order chi connectivity index (χ0) is 23.7. The van der Waals surface area contributed by atoms with Crippen molar-refractivity contribution in [1.82, 2.24) is 0 Å². The molecule has 0 radical (unpaired) electrons. The van der Waals surface area contributed by atoms with E-state index in [1.807, 2.05) is 49.4 Å². The Kier molecular flexibility index (Phi) is 6.28. The maximum Gasteiger partial charge on any atom is 0.327 e.